The van der Waals surface area contributed by atoms with Crippen LogP contribution in [0.2, 0.25) is 0 Å². The number of alkyl carbamates (subject to hydrolysis) is 1. The van der Waals surface area contributed by atoms with Gasteiger partial charge in [-0.15, -0.1) is 24.0 Å². The van der Waals surface area contributed by atoms with Gasteiger partial charge in [0.05, 0.1) is 6.54 Å². The number of carbonyl (C=O) groups is 1. The van der Waals surface area contributed by atoms with E-state index in [1.807, 2.05) is 26.8 Å². The van der Waals surface area contributed by atoms with Crippen LogP contribution in [0.15, 0.2) is 21.8 Å². The maximum atomic E-state index is 11.8. The smallest absolute Gasteiger partial charge is 0.407 e. The maximum Gasteiger partial charge on any atom is 0.407 e. The molecule has 26 heavy (non-hydrogen) atoms. The standard InChI is InChI=1S/C17H29N5O3.HI/c1-17(2,3)25-16(23)21-13-7-5-12(6-8-13)20-15(18-4)19-11-14-9-10-24-22-14;/h9-10,12-13H,5-8,11H2,1-4H3,(H,21,23)(H2,18,19,20);1H. The molecule has 148 valence electrons. The topological polar surface area (TPSA) is 101 Å². The lowest BCUT2D eigenvalue weighted by Gasteiger charge is -2.31. The van der Waals surface area contributed by atoms with Gasteiger partial charge in [-0.2, -0.15) is 0 Å². The summed E-state index contributed by atoms with van der Waals surface area (Å²) in [5.41, 5.74) is 0.360. The normalized spacial score (nSPS) is 20.7. The molecular formula is C17H30IN5O3. The first-order valence-corrected chi connectivity index (χ1v) is 8.71. The molecule has 8 nitrogen and oxygen atoms in total. The van der Waals surface area contributed by atoms with Crippen LogP contribution in [0.3, 0.4) is 0 Å². The zero-order valence-electron chi connectivity index (χ0n) is 15.9. The second kappa shape index (κ2) is 10.6. The fraction of sp³-hybridized carbons (Fsp3) is 0.706. The van der Waals surface area contributed by atoms with Crippen LogP contribution in [-0.2, 0) is 11.3 Å². The predicted molar refractivity (Wildman–Crippen MR) is 111 cm³/mol. The molecule has 0 spiro atoms. The van der Waals surface area contributed by atoms with Gasteiger partial charge in [0, 0.05) is 25.2 Å². The first kappa shape index (κ1) is 22.5. The summed E-state index contributed by atoms with van der Waals surface area (Å²) in [6.45, 7) is 6.16. The summed E-state index contributed by atoms with van der Waals surface area (Å²) in [7, 11) is 1.74. The van der Waals surface area contributed by atoms with Gasteiger partial charge in [-0.1, -0.05) is 5.16 Å². The van der Waals surface area contributed by atoms with Crippen LogP contribution in [0.5, 0.6) is 0 Å². The number of hydrogen-bond acceptors (Lipinski definition) is 5. The average Bonchev–Trinajstić information content (AvgIpc) is 3.04. The van der Waals surface area contributed by atoms with Crippen LogP contribution in [-0.4, -0.2) is 41.9 Å². The number of halogens is 1. The zero-order chi connectivity index (χ0) is 18.3. The van der Waals surface area contributed by atoms with E-state index in [1.165, 1.54) is 0 Å². The lowest BCUT2D eigenvalue weighted by molar-refractivity contribution is 0.0490. The van der Waals surface area contributed by atoms with Crippen molar-refractivity contribution in [1.82, 2.24) is 21.1 Å². The third-order valence-corrected chi connectivity index (χ3v) is 3.94. The highest BCUT2D eigenvalue weighted by Crippen LogP contribution is 2.19. The predicted octanol–water partition coefficient (Wildman–Crippen LogP) is 2.79. The van der Waals surface area contributed by atoms with E-state index in [9.17, 15) is 4.79 Å². The number of carbonyl (C=O) groups excluding carboxylic acids is 1. The molecule has 0 aliphatic heterocycles. The second-order valence-electron chi connectivity index (χ2n) is 7.26. The number of nitrogens with zero attached hydrogens (tertiary/aromatic N) is 2. The third kappa shape index (κ3) is 8.24. The van der Waals surface area contributed by atoms with E-state index < -0.39 is 5.60 Å². The number of aliphatic imine (C=N–C) groups is 1. The van der Waals surface area contributed by atoms with Crippen LogP contribution in [0.25, 0.3) is 0 Å². The van der Waals surface area contributed by atoms with E-state index in [-0.39, 0.29) is 36.1 Å². The average molecular weight is 479 g/mol. The molecule has 0 atom stereocenters. The highest BCUT2D eigenvalue weighted by atomic mass is 127. The van der Waals surface area contributed by atoms with Crippen molar-refractivity contribution in [3.8, 4) is 0 Å². The molecule has 0 radical (unpaired) electrons. The summed E-state index contributed by atoms with van der Waals surface area (Å²) in [6, 6.07) is 2.31. The quantitative estimate of drug-likeness (QED) is 0.349. The first-order chi connectivity index (χ1) is 11.9. The molecule has 1 fully saturated rings. The van der Waals surface area contributed by atoms with E-state index in [2.05, 4.69) is 26.1 Å². The summed E-state index contributed by atoms with van der Waals surface area (Å²) in [4.78, 5) is 16.1. The number of ether oxygens (including phenoxy) is 1. The molecule has 1 aliphatic carbocycles. The molecule has 1 amide bonds. The van der Waals surface area contributed by atoms with Gasteiger partial charge in [-0.3, -0.25) is 4.99 Å². The Morgan fingerprint density at radius 1 is 1.27 bits per heavy atom. The summed E-state index contributed by atoms with van der Waals surface area (Å²) in [6.07, 6.45) is 4.96. The number of nitrogens with one attached hydrogen (secondary N) is 3. The van der Waals surface area contributed by atoms with Crippen molar-refractivity contribution in [2.24, 2.45) is 4.99 Å². The van der Waals surface area contributed by atoms with Gasteiger partial charge in [0.25, 0.3) is 0 Å². The minimum Gasteiger partial charge on any atom is -0.444 e. The molecule has 9 heteroatoms. The van der Waals surface area contributed by atoms with E-state index in [1.54, 1.807) is 13.3 Å². The maximum absolute atomic E-state index is 11.8. The van der Waals surface area contributed by atoms with E-state index in [0.29, 0.717) is 12.6 Å². The third-order valence-electron chi connectivity index (χ3n) is 3.94. The van der Waals surface area contributed by atoms with Crippen molar-refractivity contribution >= 4 is 36.0 Å². The van der Waals surface area contributed by atoms with Crippen LogP contribution >= 0.6 is 24.0 Å². The summed E-state index contributed by atoms with van der Waals surface area (Å²) >= 11 is 0. The molecule has 1 saturated carbocycles. The SMILES string of the molecule is CN=C(NCc1ccon1)NC1CCC(NC(=O)OC(C)(C)C)CC1.I. The Hall–Kier alpha value is -1.52. The number of aromatic nitrogens is 1. The minimum absolute atomic E-state index is 0. The largest absolute Gasteiger partial charge is 0.444 e. The molecule has 1 heterocycles. The van der Waals surface area contributed by atoms with Crippen LogP contribution in [0.1, 0.15) is 52.1 Å². The van der Waals surface area contributed by atoms with Crippen molar-refractivity contribution < 1.29 is 14.1 Å². The molecule has 0 bridgehead atoms. The molecule has 1 aliphatic rings. The van der Waals surface area contributed by atoms with Gasteiger partial charge in [-0.05, 0) is 46.5 Å². The summed E-state index contributed by atoms with van der Waals surface area (Å²) in [5.74, 6) is 0.742. The number of rotatable bonds is 4. The number of amides is 1. The summed E-state index contributed by atoms with van der Waals surface area (Å²) in [5, 5.41) is 13.4. The van der Waals surface area contributed by atoms with E-state index >= 15 is 0 Å². The number of guanidine groups is 1. The van der Waals surface area contributed by atoms with E-state index in [4.69, 9.17) is 9.26 Å². The number of hydrogen-bond donors (Lipinski definition) is 3. The van der Waals surface area contributed by atoms with Crippen LogP contribution in [0, 0.1) is 0 Å². The molecular weight excluding hydrogens is 449 g/mol. The highest BCUT2D eigenvalue weighted by molar-refractivity contribution is 14.0. The first-order valence-electron chi connectivity index (χ1n) is 8.71. The lowest BCUT2D eigenvalue weighted by atomic mass is 9.91. The second-order valence-corrected chi connectivity index (χ2v) is 7.26. The molecule has 0 aromatic carbocycles. The Morgan fingerprint density at radius 3 is 2.38 bits per heavy atom. The molecule has 0 saturated heterocycles. The molecule has 1 aromatic rings. The van der Waals surface area contributed by atoms with Crippen molar-refractivity contribution in [2.45, 2.75) is 70.7 Å². The Bertz CT molecular complexity index is 563. The van der Waals surface area contributed by atoms with Crippen molar-refractivity contribution in [3.63, 3.8) is 0 Å². The molecule has 1 aromatic heterocycles. The van der Waals surface area contributed by atoms with Crippen molar-refractivity contribution in [3.05, 3.63) is 18.0 Å². The summed E-state index contributed by atoms with van der Waals surface area (Å²) < 4.78 is 10.1. The van der Waals surface area contributed by atoms with Gasteiger partial charge in [0.15, 0.2) is 5.96 Å². The van der Waals surface area contributed by atoms with Crippen molar-refractivity contribution in [2.75, 3.05) is 7.05 Å². The highest BCUT2D eigenvalue weighted by Gasteiger charge is 2.25. The Morgan fingerprint density at radius 2 is 1.88 bits per heavy atom. The lowest BCUT2D eigenvalue weighted by Crippen LogP contribution is -2.47. The van der Waals surface area contributed by atoms with Gasteiger partial charge in [-0.25, -0.2) is 4.79 Å². The Balaban J connectivity index is 0.00000338. The monoisotopic (exact) mass is 479 g/mol. The molecule has 3 N–H and O–H groups in total. The minimum atomic E-state index is -0.467. The van der Waals surface area contributed by atoms with Gasteiger partial charge in [0.1, 0.15) is 17.6 Å². The van der Waals surface area contributed by atoms with E-state index in [0.717, 1.165) is 37.3 Å². The molecule has 2 rings (SSSR count). The van der Waals surface area contributed by atoms with Gasteiger partial charge in [0.2, 0.25) is 0 Å². The Kier molecular flexibility index (Phi) is 9.17. The van der Waals surface area contributed by atoms with Gasteiger partial charge < -0.3 is 25.2 Å². The fourth-order valence-corrected chi connectivity index (χ4v) is 2.75. The van der Waals surface area contributed by atoms with Crippen LogP contribution in [0.4, 0.5) is 4.79 Å². The Labute approximate surface area is 171 Å². The molecule has 0 unspecified atom stereocenters. The van der Waals surface area contributed by atoms with Crippen molar-refractivity contribution in [1.29, 1.82) is 0 Å². The zero-order valence-corrected chi connectivity index (χ0v) is 18.2. The van der Waals surface area contributed by atoms with Gasteiger partial charge >= 0.3 is 6.09 Å². The fourth-order valence-electron chi connectivity index (χ4n) is 2.75. The van der Waals surface area contributed by atoms with Crippen LogP contribution < -0.4 is 16.0 Å².